The number of ketones is 1. The molecule has 1 aromatic heterocycles. The molecule has 0 bridgehead atoms. The number of rotatable bonds is 4. The van der Waals surface area contributed by atoms with Gasteiger partial charge < -0.3 is 15.5 Å². The fraction of sp³-hybridized carbons (Fsp3) is 0.167. The highest BCUT2D eigenvalue weighted by atomic mass is 79.9. The molecule has 3 rings (SSSR count). The van der Waals surface area contributed by atoms with Gasteiger partial charge >= 0.3 is 0 Å². The highest BCUT2D eigenvalue weighted by Gasteiger charge is 2.16. The van der Waals surface area contributed by atoms with Crippen molar-refractivity contribution in [3.8, 4) is 11.5 Å². The van der Waals surface area contributed by atoms with Gasteiger partial charge in [0, 0.05) is 34.3 Å². The first-order chi connectivity index (χ1) is 11.4. The number of carbonyl (C=O) groups excluding carboxylic acids is 1. The standard InChI is InChI=1S/C18H16Br2N2O2/c1-9(2)17(23)13-8-22-16-4-3-11(7-12(13)16)24-18-14(19)5-10(21)6-15(18)20/h3-9,22H,21H2,1-2H3. The molecule has 0 radical (unpaired) electrons. The van der Waals surface area contributed by atoms with Crippen molar-refractivity contribution in [1.29, 1.82) is 0 Å². The maximum Gasteiger partial charge on any atom is 0.167 e. The summed E-state index contributed by atoms with van der Waals surface area (Å²) in [6, 6.07) is 9.19. The summed E-state index contributed by atoms with van der Waals surface area (Å²) in [5.74, 6) is 1.32. The van der Waals surface area contributed by atoms with E-state index in [9.17, 15) is 4.79 Å². The molecule has 3 N–H and O–H groups in total. The van der Waals surface area contributed by atoms with Gasteiger partial charge in [0.05, 0.1) is 8.95 Å². The normalized spacial score (nSPS) is 11.2. The van der Waals surface area contributed by atoms with Crippen LogP contribution in [0, 0.1) is 5.92 Å². The molecule has 0 aliphatic rings. The predicted molar refractivity (Wildman–Crippen MR) is 104 cm³/mol. The zero-order chi connectivity index (χ0) is 17.4. The summed E-state index contributed by atoms with van der Waals surface area (Å²) in [7, 11) is 0. The van der Waals surface area contributed by atoms with Crippen molar-refractivity contribution < 1.29 is 9.53 Å². The molecule has 4 nitrogen and oxygen atoms in total. The molecule has 0 fully saturated rings. The molecule has 0 aliphatic carbocycles. The third kappa shape index (κ3) is 3.21. The van der Waals surface area contributed by atoms with Gasteiger partial charge in [0.1, 0.15) is 5.75 Å². The Morgan fingerprint density at radius 3 is 2.46 bits per heavy atom. The molecule has 0 amide bonds. The Bertz CT molecular complexity index is 909. The van der Waals surface area contributed by atoms with Crippen LogP contribution in [0.2, 0.25) is 0 Å². The Kier molecular flexibility index (Phi) is 4.69. The first-order valence-electron chi connectivity index (χ1n) is 7.44. The number of nitrogens with one attached hydrogen (secondary N) is 1. The van der Waals surface area contributed by atoms with Gasteiger partial charge in [0.15, 0.2) is 11.5 Å². The van der Waals surface area contributed by atoms with Gasteiger partial charge in [0.2, 0.25) is 0 Å². The first kappa shape index (κ1) is 17.0. The SMILES string of the molecule is CC(C)C(=O)c1c[nH]c2ccc(Oc3c(Br)cc(N)cc3Br)cc12. The predicted octanol–water partition coefficient (Wildman–Crippen LogP) is 5.91. The van der Waals surface area contributed by atoms with Crippen LogP contribution in [-0.2, 0) is 0 Å². The molecule has 0 saturated heterocycles. The van der Waals surface area contributed by atoms with Gasteiger partial charge in [-0.25, -0.2) is 0 Å². The molecular formula is C18H16Br2N2O2. The number of aromatic nitrogens is 1. The Balaban J connectivity index is 2.02. The molecule has 24 heavy (non-hydrogen) atoms. The second-order valence-electron chi connectivity index (χ2n) is 5.84. The minimum absolute atomic E-state index is 0.0611. The largest absolute Gasteiger partial charge is 0.455 e. The van der Waals surface area contributed by atoms with Crippen molar-refractivity contribution in [2.45, 2.75) is 13.8 Å². The molecule has 0 saturated carbocycles. The Morgan fingerprint density at radius 1 is 1.17 bits per heavy atom. The number of H-pyrrole nitrogens is 1. The van der Waals surface area contributed by atoms with Crippen molar-refractivity contribution in [2.75, 3.05) is 5.73 Å². The number of nitrogens with two attached hydrogens (primary N) is 1. The number of benzene rings is 2. The minimum Gasteiger partial charge on any atom is -0.455 e. The molecule has 3 aromatic rings. The lowest BCUT2D eigenvalue weighted by Crippen LogP contribution is -2.06. The van der Waals surface area contributed by atoms with E-state index in [1.807, 2.05) is 32.0 Å². The monoisotopic (exact) mass is 450 g/mol. The van der Waals surface area contributed by atoms with Crippen LogP contribution in [0.4, 0.5) is 5.69 Å². The third-order valence-electron chi connectivity index (χ3n) is 3.68. The summed E-state index contributed by atoms with van der Waals surface area (Å²) in [4.78, 5) is 15.5. The molecule has 2 aromatic carbocycles. The lowest BCUT2D eigenvalue weighted by molar-refractivity contribution is 0.0941. The summed E-state index contributed by atoms with van der Waals surface area (Å²) in [6.07, 6.45) is 1.76. The average Bonchev–Trinajstić information content (AvgIpc) is 2.93. The first-order valence-corrected chi connectivity index (χ1v) is 9.03. The van der Waals surface area contributed by atoms with Crippen LogP contribution in [-0.4, -0.2) is 10.8 Å². The molecule has 0 unspecified atom stereocenters. The molecule has 124 valence electrons. The molecular weight excluding hydrogens is 436 g/mol. The van der Waals surface area contributed by atoms with Crippen LogP contribution in [0.5, 0.6) is 11.5 Å². The molecule has 6 heteroatoms. The number of fused-ring (bicyclic) bond motifs is 1. The highest BCUT2D eigenvalue weighted by Crippen LogP contribution is 2.39. The number of aromatic amines is 1. The number of anilines is 1. The van der Waals surface area contributed by atoms with Gasteiger partial charge in [-0.2, -0.15) is 0 Å². The number of ether oxygens (including phenoxy) is 1. The second kappa shape index (κ2) is 6.61. The summed E-state index contributed by atoms with van der Waals surface area (Å²) >= 11 is 6.92. The highest BCUT2D eigenvalue weighted by molar-refractivity contribution is 9.11. The molecule has 0 aliphatic heterocycles. The number of hydrogen-bond donors (Lipinski definition) is 2. The number of nitrogen functional groups attached to an aromatic ring is 1. The zero-order valence-electron chi connectivity index (χ0n) is 13.2. The molecule has 1 heterocycles. The van der Waals surface area contributed by atoms with E-state index in [1.54, 1.807) is 18.3 Å². The van der Waals surface area contributed by atoms with E-state index in [-0.39, 0.29) is 11.7 Å². The lowest BCUT2D eigenvalue weighted by atomic mass is 10.0. The third-order valence-corrected chi connectivity index (χ3v) is 4.86. The van der Waals surface area contributed by atoms with Gasteiger partial charge in [-0.15, -0.1) is 0 Å². The van der Waals surface area contributed by atoms with Crippen LogP contribution in [0.1, 0.15) is 24.2 Å². The summed E-state index contributed by atoms with van der Waals surface area (Å²) in [6.45, 7) is 3.79. The second-order valence-corrected chi connectivity index (χ2v) is 7.55. The Labute approximate surface area is 156 Å². The summed E-state index contributed by atoms with van der Waals surface area (Å²) < 4.78 is 7.50. The quantitative estimate of drug-likeness (QED) is 0.382. The maximum absolute atomic E-state index is 12.3. The van der Waals surface area contributed by atoms with E-state index in [1.165, 1.54) is 0 Å². The minimum atomic E-state index is -0.0611. The molecule has 0 spiro atoms. The van der Waals surface area contributed by atoms with Crippen molar-refractivity contribution in [3.05, 3.63) is 51.0 Å². The number of Topliss-reactive ketones (excluding diaryl/α,β-unsaturated/α-hetero) is 1. The van der Waals surface area contributed by atoms with Crippen LogP contribution in [0.15, 0.2) is 45.5 Å². The maximum atomic E-state index is 12.3. The fourth-order valence-corrected chi connectivity index (χ4v) is 3.86. The van der Waals surface area contributed by atoms with Crippen molar-refractivity contribution >= 4 is 54.2 Å². The fourth-order valence-electron chi connectivity index (χ4n) is 2.47. The number of carbonyl (C=O) groups is 1. The van der Waals surface area contributed by atoms with Crippen LogP contribution < -0.4 is 10.5 Å². The lowest BCUT2D eigenvalue weighted by Gasteiger charge is -2.11. The van der Waals surface area contributed by atoms with Crippen molar-refractivity contribution in [2.24, 2.45) is 5.92 Å². The van der Waals surface area contributed by atoms with E-state index in [0.717, 1.165) is 19.8 Å². The average molecular weight is 452 g/mol. The smallest absolute Gasteiger partial charge is 0.167 e. The number of hydrogen-bond acceptors (Lipinski definition) is 3. The van der Waals surface area contributed by atoms with Crippen molar-refractivity contribution in [1.82, 2.24) is 4.98 Å². The van der Waals surface area contributed by atoms with E-state index in [4.69, 9.17) is 10.5 Å². The van der Waals surface area contributed by atoms with Gasteiger partial charge in [-0.3, -0.25) is 4.79 Å². The van der Waals surface area contributed by atoms with Crippen LogP contribution in [0.3, 0.4) is 0 Å². The van der Waals surface area contributed by atoms with E-state index in [0.29, 0.717) is 22.7 Å². The Hall–Kier alpha value is -1.79. The van der Waals surface area contributed by atoms with E-state index < -0.39 is 0 Å². The number of halogens is 2. The van der Waals surface area contributed by atoms with Gasteiger partial charge in [-0.1, -0.05) is 13.8 Å². The van der Waals surface area contributed by atoms with E-state index in [2.05, 4.69) is 36.8 Å². The van der Waals surface area contributed by atoms with Crippen LogP contribution >= 0.6 is 31.9 Å². The van der Waals surface area contributed by atoms with Gasteiger partial charge in [-0.05, 0) is 62.2 Å². The van der Waals surface area contributed by atoms with Gasteiger partial charge in [0.25, 0.3) is 0 Å². The zero-order valence-corrected chi connectivity index (χ0v) is 16.4. The van der Waals surface area contributed by atoms with E-state index >= 15 is 0 Å². The molecule has 0 atom stereocenters. The topological polar surface area (TPSA) is 68.1 Å². The summed E-state index contributed by atoms with van der Waals surface area (Å²) in [5.41, 5.74) is 8.02. The Morgan fingerprint density at radius 2 is 1.83 bits per heavy atom. The van der Waals surface area contributed by atoms with Crippen LogP contribution in [0.25, 0.3) is 10.9 Å². The summed E-state index contributed by atoms with van der Waals surface area (Å²) in [5, 5.41) is 0.855. The van der Waals surface area contributed by atoms with Crippen molar-refractivity contribution in [3.63, 3.8) is 0 Å².